The quantitative estimate of drug-likeness (QED) is 0.314. The van der Waals surface area contributed by atoms with Crippen LogP contribution in [0.1, 0.15) is 28.5 Å². The Morgan fingerprint density at radius 2 is 1.64 bits per heavy atom. The van der Waals surface area contributed by atoms with Crippen LogP contribution >= 0.6 is 11.3 Å². The minimum atomic E-state index is -0.471. The molecule has 1 heterocycles. The highest BCUT2D eigenvalue weighted by Gasteiger charge is 2.18. The van der Waals surface area contributed by atoms with Crippen molar-refractivity contribution >= 4 is 34.0 Å². The molecule has 0 atom stereocenters. The molecule has 6 nitrogen and oxygen atoms in total. The molecule has 0 aliphatic rings. The van der Waals surface area contributed by atoms with Crippen LogP contribution in [0, 0.1) is 0 Å². The van der Waals surface area contributed by atoms with Gasteiger partial charge in [-0.2, -0.15) is 0 Å². The minimum Gasteiger partial charge on any atom is -0.489 e. The van der Waals surface area contributed by atoms with E-state index in [1.807, 2.05) is 60.7 Å². The highest BCUT2D eigenvalue weighted by atomic mass is 32.1. The predicted molar refractivity (Wildman–Crippen MR) is 128 cm³/mol. The van der Waals surface area contributed by atoms with E-state index in [9.17, 15) is 9.59 Å². The Labute approximate surface area is 196 Å². The average molecular weight is 459 g/mol. The van der Waals surface area contributed by atoms with Crippen molar-refractivity contribution in [2.24, 2.45) is 0 Å². The minimum absolute atomic E-state index is 0.00493. The number of carbonyl (C=O) groups is 2. The molecular formula is C26H22N2O4S. The van der Waals surface area contributed by atoms with Crippen LogP contribution in [0.5, 0.6) is 5.75 Å². The zero-order valence-electron chi connectivity index (χ0n) is 18.0. The number of amides is 1. The van der Waals surface area contributed by atoms with Crippen molar-refractivity contribution in [2.75, 3.05) is 4.90 Å². The molecule has 0 radical (unpaired) electrons. The van der Waals surface area contributed by atoms with Crippen LogP contribution in [-0.2, 0) is 22.7 Å². The molecule has 0 fully saturated rings. The predicted octanol–water partition coefficient (Wildman–Crippen LogP) is 5.76. The molecule has 0 saturated carbocycles. The molecule has 0 saturated heterocycles. The number of hydrogen-bond donors (Lipinski definition) is 0. The second-order valence-electron chi connectivity index (χ2n) is 7.19. The first-order valence-electron chi connectivity index (χ1n) is 10.3. The number of aromatic nitrogens is 1. The monoisotopic (exact) mass is 458 g/mol. The topological polar surface area (TPSA) is 68.7 Å². The molecule has 4 rings (SSSR count). The van der Waals surface area contributed by atoms with Crippen LogP contribution < -0.4 is 9.64 Å². The van der Waals surface area contributed by atoms with Crippen LogP contribution in [0.4, 0.5) is 10.8 Å². The van der Waals surface area contributed by atoms with Crippen LogP contribution in [0.3, 0.4) is 0 Å². The molecule has 0 unspecified atom stereocenters. The largest absolute Gasteiger partial charge is 0.489 e. The number of carbonyl (C=O) groups excluding carboxylic acids is 2. The SMILES string of the molecule is CC(=O)N(c1ccccc1)c1nc(COC(=O)c2cccc(OCc3ccccc3)c2)cs1. The Morgan fingerprint density at radius 3 is 2.36 bits per heavy atom. The summed E-state index contributed by atoms with van der Waals surface area (Å²) in [7, 11) is 0. The molecule has 0 N–H and O–H groups in total. The summed E-state index contributed by atoms with van der Waals surface area (Å²) in [6, 6.07) is 26.0. The van der Waals surface area contributed by atoms with Gasteiger partial charge in [0.15, 0.2) is 5.13 Å². The Bertz CT molecular complexity index is 1230. The molecule has 4 aromatic rings. The molecule has 33 heavy (non-hydrogen) atoms. The summed E-state index contributed by atoms with van der Waals surface area (Å²) >= 11 is 1.32. The Hall–Kier alpha value is -3.97. The number of anilines is 2. The maximum absolute atomic E-state index is 12.5. The molecule has 3 aromatic carbocycles. The standard InChI is InChI=1S/C26H22N2O4S/c1-19(29)28(23-12-6-3-7-13-23)26-27-22(18-33-26)17-32-25(30)21-11-8-14-24(15-21)31-16-20-9-4-2-5-10-20/h2-15,18H,16-17H2,1H3. The molecule has 0 bridgehead atoms. The van der Waals surface area contributed by atoms with Crippen molar-refractivity contribution in [3.05, 3.63) is 107 Å². The van der Waals surface area contributed by atoms with Crippen LogP contribution in [-0.4, -0.2) is 16.9 Å². The van der Waals surface area contributed by atoms with Gasteiger partial charge in [0.1, 0.15) is 19.0 Å². The highest BCUT2D eigenvalue weighted by Crippen LogP contribution is 2.29. The summed E-state index contributed by atoms with van der Waals surface area (Å²) < 4.78 is 11.2. The van der Waals surface area contributed by atoms with Gasteiger partial charge in [0, 0.05) is 12.3 Å². The van der Waals surface area contributed by atoms with E-state index in [0.717, 1.165) is 11.3 Å². The van der Waals surface area contributed by atoms with Gasteiger partial charge in [-0.1, -0.05) is 54.6 Å². The lowest BCUT2D eigenvalue weighted by Gasteiger charge is -2.17. The maximum atomic E-state index is 12.5. The molecule has 166 valence electrons. The zero-order valence-corrected chi connectivity index (χ0v) is 18.8. The summed E-state index contributed by atoms with van der Waals surface area (Å²) in [6.45, 7) is 1.90. The molecule has 0 aliphatic carbocycles. The fourth-order valence-corrected chi connectivity index (χ4v) is 4.02. The van der Waals surface area contributed by atoms with Crippen molar-refractivity contribution in [2.45, 2.75) is 20.1 Å². The normalized spacial score (nSPS) is 10.5. The fraction of sp³-hybridized carbons (Fsp3) is 0.115. The van der Waals surface area contributed by atoms with E-state index in [1.54, 1.807) is 29.6 Å². The number of esters is 1. The molecular weight excluding hydrogens is 436 g/mol. The second kappa shape index (κ2) is 10.6. The van der Waals surface area contributed by atoms with E-state index in [1.165, 1.54) is 23.2 Å². The van der Waals surface area contributed by atoms with Crippen molar-refractivity contribution in [1.29, 1.82) is 0 Å². The Kier molecular flexibility index (Phi) is 7.12. The van der Waals surface area contributed by atoms with Crippen molar-refractivity contribution in [3.63, 3.8) is 0 Å². The summed E-state index contributed by atoms with van der Waals surface area (Å²) in [5.74, 6) is -0.0307. The molecule has 0 aliphatic heterocycles. The highest BCUT2D eigenvalue weighted by molar-refractivity contribution is 7.14. The van der Waals surface area contributed by atoms with Gasteiger partial charge in [-0.05, 0) is 35.9 Å². The van der Waals surface area contributed by atoms with E-state index in [-0.39, 0.29) is 12.5 Å². The summed E-state index contributed by atoms with van der Waals surface area (Å²) in [4.78, 5) is 30.7. The number of ether oxygens (including phenoxy) is 2. The Balaban J connectivity index is 1.37. The van der Waals surface area contributed by atoms with E-state index in [4.69, 9.17) is 9.47 Å². The number of nitrogens with zero attached hydrogens (tertiary/aromatic N) is 2. The smallest absolute Gasteiger partial charge is 0.338 e. The van der Waals surface area contributed by atoms with Crippen molar-refractivity contribution in [3.8, 4) is 5.75 Å². The lowest BCUT2D eigenvalue weighted by atomic mass is 10.2. The van der Waals surface area contributed by atoms with Crippen molar-refractivity contribution in [1.82, 2.24) is 4.98 Å². The number of para-hydroxylation sites is 1. The Morgan fingerprint density at radius 1 is 0.909 bits per heavy atom. The molecule has 1 aromatic heterocycles. The first kappa shape index (κ1) is 22.2. The number of rotatable bonds is 8. The summed E-state index contributed by atoms with van der Waals surface area (Å²) in [5.41, 5.74) is 2.74. The summed E-state index contributed by atoms with van der Waals surface area (Å²) in [5, 5.41) is 2.30. The van der Waals surface area contributed by atoms with Gasteiger partial charge in [-0.25, -0.2) is 9.78 Å². The third-order valence-electron chi connectivity index (χ3n) is 4.73. The fourth-order valence-electron chi connectivity index (χ4n) is 3.15. The second-order valence-corrected chi connectivity index (χ2v) is 8.03. The van der Waals surface area contributed by atoms with Crippen molar-refractivity contribution < 1.29 is 19.1 Å². The first-order valence-corrected chi connectivity index (χ1v) is 11.2. The van der Waals surface area contributed by atoms with Gasteiger partial charge in [-0.3, -0.25) is 9.69 Å². The third kappa shape index (κ3) is 5.84. The third-order valence-corrected chi connectivity index (χ3v) is 5.60. The van der Waals surface area contributed by atoms with Crippen LogP contribution in [0.2, 0.25) is 0 Å². The molecule has 1 amide bonds. The molecule has 7 heteroatoms. The number of hydrogen-bond acceptors (Lipinski definition) is 6. The lowest BCUT2D eigenvalue weighted by Crippen LogP contribution is -2.22. The lowest BCUT2D eigenvalue weighted by molar-refractivity contribution is -0.115. The first-order chi connectivity index (χ1) is 16.1. The van der Waals surface area contributed by atoms with E-state index < -0.39 is 5.97 Å². The van der Waals surface area contributed by atoms with Gasteiger partial charge in [0.2, 0.25) is 5.91 Å². The van der Waals surface area contributed by atoms with E-state index in [2.05, 4.69) is 4.98 Å². The molecule has 0 spiro atoms. The van der Waals surface area contributed by atoms with Crippen LogP contribution in [0.25, 0.3) is 0 Å². The van der Waals surface area contributed by atoms with E-state index >= 15 is 0 Å². The van der Waals surface area contributed by atoms with Gasteiger partial charge in [0.25, 0.3) is 0 Å². The zero-order chi connectivity index (χ0) is 23.0. The van der Waals surface area contributed by atoms with Gasteiger partial charge < -0.3 is 9.47 Å². The summed E-state index contributed by atoms with van der Waals surface area (Å²) in [6.07, 6.45) is 0. The average Bonchev–Trinajstić information content (AvgIpc) is 3.31. The van der Waals surface area contributed by atoms with Gasteiger partial charge in [-0.15, -0.1) is 11.3 Å². The van der Waals surface area contributed by atoms with E-state index in [0.29, 0.717) is 28.7 Å². The van der Waals surface area contributed by atoms with Crippen LogP contribution in [0.15, 0.2) is 90.3 Å². The maximum Gasteiger partial charge on any atom is 0.338 e. The van der Waals surface area contributed by atoms with Gasteiger partial charge >= 0.3 is 5.97 Å². The number of thiazole rings is 1. The number of benzene rings is 3. The van der Waals surface area contributed by atoms with Gasteiger partial charge in [0.05, 0.1) is 16.9 Å².